The third-order valence-electron chi connectivity index (χ3n) is 5.73. The topological polar surface area (TPSA) is 70.8 Å². The Morgan fingerprint density at radius 1 is 0.963 bits per heavy atom. The first-order chi connectivity index (χ1) is 13.2. The number of aromatic amines is 1. The van der Waals surface area contributed by atoms with Crippen LogP contribution in [-0.2, 0) is 6.42 Å². The molecular weight excluding hydrogens is 334 g/mol. The zero-order chi connectivity index (χ0) is 18.3. The molecule has 1 saturated heterocycles. The predicted octanol–water partition coefficient (Wildman–Crippen LogP) is 3.65. The van der Waals surface area contributed by atoms with Gasteiger partial charge in [0.1, 0.15) is 17.8 Å². The highest BCUT2D eigenvalue weighted by Gasteiger charge is 2.32. The van der Waals surface area contributed by atoms with Gasteiger partial charge in [-0.05, 0) is 30.9 Å². The van der Waals surface area contributed by atoms with E-state index in [9.17, 15) is 0 Å². The first-order valence-corrected chi connectivity index (χ1v) is 9.51. The molecule has 27 heavy (non-hydrogen) atoms. The van der Waals surface area contributed by atoms with Crippen molar-refractivity contribution < 1.29 is 0 Å². The SMILES string of the molecule is NC1(Cc2ccccc2)CCN(c2ncnc3[nH]c4ccccc4c23)CC1. The highest BCUT2D eigenvalue weighted by Crippen LogP contribution is 2.34. The number of nitrogens with zero attached hydrogens (tertiary/aromatic N) is 3. The molecular formula is C22H23N5. The Labute approximate surface area is 158 Å². The second-order valence-corrected chi connectivity index (χ2v) is 7.60. The van der Waals surface area contributed by atoms with E-state index in [1.54, 1.807) is 6.33 Å². The maximum absolute atomic E-state index is 6.75. The number of rotatable bonds is 3. The molecule has 0 radical (unpaired) electrons. The fourth-order valence-electron chi connectivity index (χ4n) is 4.24. The number of nitrogens with one attached hydrogen (secondary N) is 1. The smallest absolute Gasteiger partial charge is 0.143 e. The second-order valence-electron chi connectivity index (χ2n) is 7.60. The van der Waals surface area contributed by atoms with Crippen LogP contribution in [0.25, 0.3) is 21.9 Å². The van der Waals surface area contributed by atoms with Crippen LogP contribution in [0.5, 0.6) is 0 Å². The normalized spacial score (nSPS) is 16.9. The molecule has 136 valence electrons. The van der Waals surface area contributed by atoms with Crippen molar-refractivity contribution in [3.05, 3.63) is 66.5 Å². The number of anilines is 1. The number of hydrogen-bond donors (Lipinski definition) is 2. The Balaban J connectivity index is 1.43. The lowest BCUT2D eigenvalue weighted by molar-refractivity contribution is 0.330. The summed E-state index contributed by atoms with van der Waals surface area (Å²) in [5.41, 5.74) is 9.91. The third kappa shape index (κ3) is 2.94. The van der Waals surface area contributed by atoms with Crippen molar-refractivity contribution in [2.45, 2.75) is 24.8 Å². The van der Waals surface area contributed by atoms with Crippen LogP contribution in [0, 0.1) is 0 Å². The molecule has 5 heteroatoms. The third-order valence-corrected chi connectivity index (χ3v) is 5.73. The van der Waals surface area contributed by atoms with E-state index in [0.717, 1.165) is 54.7 Å². The molecule has 1 aliphatic rings. The lowest BCUT2D eigenvalue weighted by Crippen LogP contribution is -2.52. The van der Waals surface area contributed by atoms with Crippen LogP contribution in [0.15, 0.2) is 60.9 Å². The molecule has 0 atom stereocenters. The number of fused-ring (bicyclic) bond motifs is 3. The molecule has 0 saturated carbocycles. The van der Waals surface area contributed by atoms with E-state index in [1.807, 2.05) is 6.07 Å². The minimum atomic E-state index is -0.149. The van der Waals surface area contributed by atoms with Gasteiger partial charge in [0.2, 0.25) is 0 Å². The number of hydrogen-bond acceptors (Lipinski definition) is 4. The summed E-state index contributed by atoms with van der Waals surface area (Å²) < 4.78 is 0. The van der Waals surface area contributed by atoms with Crippen LogP contribution in [0.1, 0.15) is 18.4 Å². The number of para-hydroxylation sites is 1. The molecule has 0 spiro atoms. The Kier molecular flexibility index (Phi) is 3.83. The molecule has 1 aliphatic heterocycles. The van der Waals surface area contributed by atoms with Crippen molar-refractivity contribution in [2.75, 3.05) is 18.0 Å². The maximum atomic E-state index is 6.75. The average molecular weight is 357 g/mol. The molecule has 0 unspecified atom stereocenters. The number of H-pyrrole nitrogens is 1. The number of benzene rings is 2. The summed E-state index contributed by atoms with van der Waals surface area (Å²) in [4.78, 5) is 14.8. The fourth-order valence-corrected chi connectivity index (χ4v) is 4.24. The lowest BCUT2D eigenvalue weighted by Gasteiger charge is -2.40. The van der Waals surface area contributed by atoms with E-state index in [-0.39, 0.29) is 5.54 Å². The Hall–Kier alpha value is -2.92. The van der Waals surface area contributed by atoms with Crippen molar-refractivity contribution in [1.29, 1.82) is 0 Å². The van der Waals surface area contributed by atoms with Crippen molar-refractivity contribution >= 4 is 27.8 Å². The lowest BCUT2D eigenvalue weighted by atomic mass is 9.83. The Morgan fingerprint density at radius 2 is 1.70 bits per heavy atom. The largest absolute Gasteiger partial charge is 0.356 e. The number of aromatic nitrogens is 3. The first kappa shape index (κ1) is 16.3. The van der Waals surface area contributed by atoms with Crippen LogP contribution >= 0.6 is 0 Å². The van der Waals surface area contributed by atoms with Crippen LogP contribution in [-0.4, -0.2) is 33.6 Å². The van der Waals surface area contributed by atoms with Gasteiger partial charge in [-0.15, -0.1) is 0 Å². The zero-order valence-electron chi connectivity index (χ0n) is 15.2. The number of piperidine rings is 1. The minimum Gasteiger partial charge on any atom is -0.356 e. The maximum Gasteiger partial charge on any atom is 0.143 e. The molecule has 0 aliphatic carbocycles. The summed E-state index contributed by atoms with van der Waals surface area (Å²) in [6, 6.07) is 18.9. The van der Waals surface area contributed by atoms with E-state index in [1.165, 1.54) is 10.9 Å². The van der Waals surface area contributed by atoms with E-state index >= 15 is 0 Å². The van der Waals surface area contributed by atoms with Gasteiger partial charge < -0.3 is 15.6 Å². The van der Waals surface area contributed by atoms with E-state index in [4.69, 9.17) is 5.73 Å². The average Bonchev–Trinajstić information content (AvgIpc) is 3.08. The monoisotopic (exact) mass is 357 g/mol. The summed E-state index contributed by atoms with van der Waals surface area (Å²) in [5, 5.41) is 2.29. The van der Waals surface area contributed by atoms with E-state index in [0.29, 0.717) is 0 Å². The van der Waals surface area contributed by atoms with Crippen molar-refractivity contribution in [1.82, 2.24) is 15.0 Å². The second kappa shape index (κ2) is 6.35. The molecule has 2 aromatic heterocycles. The first-order valence-electron chi connectivity index (χ1n) is 9.51. The summed E-state index contributed by atoms with van der Waals surface area (Å²) in [7, 11) is 0. The van der Waals surface area contributed by atoms with Crippen LogP contribution < -0.4 is 10.6 Å². The van der Waals surface area contributed by atoms with Gasteiger partial charge in [-0.3, -0.25) is 0 Å². The van der Waals surface area contributed by atoms with Gasteiger partial charge >= 0.3 is 0 Å². The molecule has 2 aromatic carbocycles. The standard InChI is InChI=1S/C22H23N5/c23-22(14-16-6-2-1-3-7-16)10-12-27(13-11-22)21-19-17-8-4-5-9-18(17)26-20(19)24-15-25-21/h1-9,15H,10-14,23H2,(H,24,25,26). The molecule has 5 rings (SSSR count). The van der Waals surface area contributed by atoms with Crippen LogP contribution in [0.2, 0.25) is 0 Å². The Bertz CT molecular complexity index is 1080. The van der Waals surface area contributed by atoms with Crippen LogP contribution in [0.3, 0.4) is 0 Å². The summed E-state index contributed by atoms with van der Waals surface area (Å²) >= 11 is 0. The molecule has 3 N–H and O–H groups in total. The minimum absolute atomic E-state index is 0.149. The van der Waals surface area contributed by atoms with Crippen molar-refractivity contribution in [2.24, 2.45) is 5.73 Å². The fraction of sp³-hybridized carbons (Fsp3) is 0.273. The van der Waals surface area contributed by atoms with Gasteiger partial charge in [-0.25, -0.2) is 9.97 Å². The van der Waals surface area contributed by atoms with E-state index in [2.05, 4.69) is 68.4 Å². The zero-order valence-corrected chi connectivity index (χ0v) is 15.2. The molecule has 0 amide bonds. The van der Waals surface area contributed by atoms with Crippen molar-refractivity contribution in [3.8, 4) is 0 Å². The Morgan fingerprint density at radius 3 is 2.52 bits per heavy atom. The number of nitrogens with two attached hydrogens (primary N) is 1. The van der Waals surface area contributed by atoms with Crippen LogP contribution in [0.4, 0.5) is 5.82 Å². The predicted molar refractivity (Wildman–Crippen MR) is 110 cm³/mol. The van der Waals surface area contributed by atoms with Gasteiger partial charge in [-0.2, -0.15) is 0 Å². The summed E-state index contributed by atoms with van der Waals surface area (Å²) in [6.45, 7) is 1.82. The van der Waals surface area contributed by atoms with Crippen molar-refractivity contribution in [3.63, 3.8) is 0 Å². The molecule has 4 aromatic rings. The van der Waals surface area contributed by atoms with E-state index < -0.39 is 0 Å². The van der Waals surface area contributed by atoms with Gasteiger partial charge in [0.15, 0.2) is 0 Å². The molecule has 3 heterocycles. The highest BCUT2D eigenvalue weighted by atomic mass is 15.2. The van der Waals surface area contributed by atoms with Gasteiger partial charge in [-0.1, -0.05) is 48.5 Å². The molecule has 5 nitrogen and oxygen atoms in total. The van der Waals surface area contributed by atoms with Gasteiger partial charge in [0.05, 0.1) is 5.39 Å². The summed E-state index contributed by atoms with van der Waals surface area (Å²) in [6.07, 6.45) is 4.49. The molecule has 1 fully saturated rings. The highest BCUT2D eigenvalue weighted by molar-refractivity contribution is 6.11. The molecule has 0 bridgehead atoms. The van der Waals surface area contributed by atoms with Gasteiger partial charge in [0.25, 0.3) is 0 Å². The summed E-state index contributed by atoms with van der Waals surface area (Å²) in [5.74, 6) is 1.01. The quantitative estimate of drug-likeness (QED) is 0.587. The van der Waals surface area contributed by atoms with Gasteiger partial charge in [0, 0.05) is 29.5 Å².